The lowest BCUT2D eigenvalue weighted by molar-refractivity contribution is 0.193. The van der Waals surface area contributed by atoms with Gasteiger partial charge < -0.3 is 9.84 Å². The Morgan fingerprint density at radius 2 is 2.27 bits per heavy atom. The zero-order valence-electron chi connectivity index (χ0n) is 6.61. The Labute approximate surface area is 65.7 Å². The van der Waals surface area contributed by atoms with Crippen LogP contribution in [0.1, 0.15) is 18.7 Å². The van der Waals surface area contributed by atoms with Crippen LogP contribution in [0, 0.1) is 0 Å². The van der Waals surface area contributed by atoms with E-state index in [1.165, 1.54) is 0 Å². The second kappa shape index (κ2) is 3.34. The fraction of sp³-hybridized carbons (Fsp3) is 0.375. The molecule has 1 aromatic rings. The van der Waals surface area contributed by atoms with Crippen molar-refractivity contribution in [2.75, 3.05) is 7.11 Å². The molecule has 3 heteroatoms. The summed E-state index contributed by atoms with van der Waals surface area (Å²) >= 11 is 0. The highest BCUT2D eigenvalue weighted by atomic mass is 16.5. The number of aliphatic hydroxyl groups is 1. The first kappa shape index (κ1) is 8.01. The highest BCUT2D eigenvalue weighted by molar-refractivity contribution is 5.16. The van der Waals surface area contributed by atoms with Crippen LogP contribution in [0.3, 0.4) is 0 Å². The predicted octanol–water partition coefficient (Wildman–Crippen LogP) is 1.14. The lowest BCUT2D eigenvalue weighted by atomic mass is 10.2. The van der Waals surface area contributed by atoms with Gasteiger partial charge in [-0.1, -0.05) is 6.07 Å². The molecule has 0 fully saturated rings. The van der Waals surface area contributed by atoms with E-state index >= 15 is 0 Å². The lowest BCUT2D eigenvalue weighted by Gasteiger charge is -2.04. The van der Waals surface area contributed by atoms with Crippen molar-refractivity contribution in [1.29, 1.82) is 0 Å². The fourth-order valence-corrected chi connectivity index (χ4v) is 0.777. The van der Waals surface area contributed by atoms with Crippen molar-refractivity contribution in [2.45, 2.75) is 13.0 Å². The maximum absolute atomic E-state index is 9.13. The Morgan fingerprint density at radius 1 is 1.55 bits per heavy atom. The third kappa shape index (κ3) is 1.91. The van der Waals surface area contributed by atoms with E-state index < -0.39 is 6.10 Å². The molecule has 3 nitrogen and oxygen atoms in total. The Hall–Kier alpha value is -1.09. The van der Waals surface area contributed by atoms with E-state index in [-0.39, 0.29) is 0 Å². The van der Waals surface area contributed by atoms with E-state index in [0.29, 0.717) is 11.6 Å². The fourth-order valence-electron chi connectivity index (χ4n) is 0.777. The van der Waals surface area contributed by atoms with Gasteiger partial charge in [-0.3, -0.25) is 0 Å². The van der Waals surface area contributed by atoms with Crippen molar-refractivity contribution >= 4 is 0 Å². The van der Waals surface area contributed by atoms with Crippen molar-refractivity contribution in [3.63, 3.8) is 0 Å². The van der Waals surface area contributed by atoms with Gasteiger partial charge in [-0.15, -0.1) is 0 Å². The minimum atomic E-state index is -0.537. The predicted molar refractivity (Wildman–Crippen MR) is 41.4 cm³/mol. The normalized spacial score (nSPS) is 12.6. The number of rotatable bonds is 2. The molecule has 1 atom stereocenters. The van der Waals surface area contributed by atoms with Gasteiger partial charge in [-0.25, -0.2) is 4.98 Å². The van der Waals surface area contributed by atoms with Gasteiger partial charge >= 0.3 is 0 Å². The number of ether oxygens (including phenoxy) is 1. The van der Waals surface area contributed by atoms with Crippen LogP contribution in [0.25, 0.3) is 0 Å². The molecule has 0 spiro atoms. The number of hydrogen-bond acceptors (Lipinski definition) is 3. The second-order valence-corrected chi connectivity index (χ2v) is 2.28. The second-order valence-electron chi connectivity index (χ2n) is 2.28. The summed E-state index contributed by atoms with van der Waals surface area (Å²) in [4.78, 5) is 4.02. The molecule has 0 unspecified atom stereocenters. The van der Waals surface area contributed by atoms with E-state index in [9.17, 15) is 0 Å². The molecule has 0 aliphatic rings. The van der Waals surface area contributed by atoms with Gasteiger partial charge in [0.2, 0.25) is 5.88 Å². The zero-order valence-corrected chi connectivity index (χ0v) is 6.61. The number of pyridine rings is 1. The molecule has 0 radical (unpaired) electrons. The van der Waals surface area contributed by atoms with Crippen molar-refractivity contribution in [3.05, 3.63) is 23.9 Å². The van der Waals surface area contributed by atoms with Gasteiger partial charge in [0.1, 0.15) is 0 Å². The number of aromatic nitrogens is 1. The molecular weight excluding hydrogens is 142 g/mol. The Balaban J connectivity index is 2.91. The molecule has 1 rings (SSSR count). The first-order valence-electron chi connectivity index (χ1n) is 3.43. The Kier molecular flexibility index (Phi) is 2.44. The molecule has 0 aromatic carbocycles. The largest absolute Gasteiger partial charge is 0.481 e. The Bertz CT molecular complexity index is 235. The van der Waals surface area contributed by atoms with Crippen LogP contribution in [0.5, 0.6) is 5.88 Å². The maximum Gasteiger partial charge on any atom is 0.213 e. The molecule has 1 heterocycles. The van der Waals surface area contributed by atoms with Crippen LogP contribution >= 0.6 is 0 Å². The molecule has 0 aliphatic carbocycles. The summed E-state index contributed by atoms with van der Waals surface area (Å²) in [5.41, 5.74) is 0.629. The van der Waals surface area contributed by atoms with Crippen LogP contribution < -0.4 is 4.74 Å². The number of methoxy groups -OCH3 is 1. The topological polar surface area (TPSA) is 42.4 Å². The van der Waals surface area contributed by atoms with Crippen LogP contribution in [-0.4, -0.2) is 17.2 Å². The number of hydrogen-bond donors (Lipinski definition) is 1. The minimum absolute atomic E-state index is 0.531. The molecular formula is C8H11NO2. The van der Waals surface area contributed by atoms with Crippen LogP contribution in [0.15, 0.2) is 18.2 Å². The smallest absolute Gasteiger partial charge is 0.213 e. The van der Waals surface area contributed by atoms with Gasteiger partial charge in [-0.05, 0) is 13.0 Å². The Morgan fingerprint density at radius 3 is 2.82 bits per heavy atom. The summed E-state index contributed by atoms with van der Waals surface area (Å²) < 4.78 is 4.88. The first-order valence-corrected chi connectivity index (χ1v) is 3.43. The number of nitrogens with zero attached hydrogens (tertiary/aromatic N) is 1. The maximum atomic E-state index is 9.13. The average molecular weight is 153 g/mol. The summed E-state index contributed by atoms with van der Waals surface area (Å²) in [7, 11) is 1.55. The molecule has 0 amide bonds. The first-order chi connectivity index (χ1) is 5.24. The minimum Gasteiger partial charge on any atom is -0.481 e. The molecule has 0 aliphatic heterocycles. The quantitative estimate of drug-likeness (QED) is 0.692. The molecule has 1 N–H and O–H groups in total. The highest BCUT2D eigenvalue weighted by Gasteiger charge is 2.02. The third-order valence-corrected chi connectivity index (χ3v) is 1.38. The van der Waals surface area contributed by atoms with E-state index in [0.717, 1.165) is 0 Å². The molecule has 11 heavy (non-hydrogen) atoms. The standard InChI is InChI=1S/C8H11NO2/c1-6(10)7-4-3-5-8(9-7)11-2/h3-6,10H,1-2H3/t6-/m1/s1. The molecule has 0 saturated carbocycles. The van der Waals surface area contributed by atoms with Crippen molar-refractivity contribution < 1.29 is 9.84 Å². The highest BCUT2D eigenvalue weighted by Crippen LogP contribution is 2.12. The van der Waals surface area contributed by atoms with E-state index in [1.807, 2.05) is 0 Å². The van der Waals surface area contributed by atoms with E-state index in [2.05, 4.69) is 4.98 Å². The van der Waals surface area contributed by atoms with Crippen LogP contribution in [-0.2, 0) is 0 Å². The van der Waals surface area contributed by atoms with Crippen molar-refractivity contribution in [2.24, 2.45) is 0 Å². The van der Waals surface area contributed by atoms with Crippen molar-refractivity contribution in [1.82, 2.24) is 4.98 Å². The molecule has 1 aromatic heterocycles. The van der Waals surface area contributed by atoms with Crippen LogP contribution in [0.4, 0.5) is 0 Å². The summed E-state index contributed by atoms with van der Waals surface area (Å²) in [6, 6.07) is 5.30. The molecule has 60 valence electrons. The SMILES string of the molecule is COc1cccc([C@@H](C)O)n1. The summed E-state index contributed by atoms with van der Waals surface area (Å²) in [5, 5.41) is 9.13. The van der Waals surface area contributed by atoms with Gasteiger partial charge in [0.15, 0.2) is 0 Å². The average Bonchev–Trinajstić information content (AvgIpc) is 2.05. The zero-order chi connectivity index (χ0) is 8.27. The molecule has 0 saturated heterocycles. The van der Waals surface area contributed by atoms with Gasteiger partial charge in [0.05, 0.1) is 18.9 Å². The van der Waals surface area contributed by atoms with E-state index in [4.69, 9.17) is 9.84 Å². The van der Waals surface area contributed by atoms with Gasteiger partial charge in [-0.2, -0.15) is 0 Å². The molecule has 0 bridgehead atoms. The van der Waals surface area contributed by atoms with Crippen LogP contribution in [0.2, 0.25) is 0 Å². The summed E-state index contributed by atoms with van der Waals surface area (Å²) in [6.07, 6.45) is -0.537. The van der Waals surface area contributed by atoms with E-state index in [1.54, 1.807) is 32.2 Å². The summed E-state index contributed by atoms with van der Waals surface area (Å²) in [5.74, 6) is 0.531. The monoisotopic (exact) mass is 153 g/mol. The van der Waals surface area contributed by atoms with Gasteiger partial charge in [0.25, 0.3) is 0 Å². The lowest BCUT2D eigenvalue weighted by Crippen LogP contribution is -1.96. The third-order valence-electron chi connectivity index (χ3n) is 1.38. The van der Waals surface area contributed by atoms with Gasteiger partial charge in [0, 0.05) is 6.07 Å². The summed E-state index contributed by atoms with van der Waals surface area (Å²) in [6.45, 7) is 1.67. The number of aliphatic hydroxyl groups excluding tert-OH is 1. The van der Waals surface area contributed by atoms with Crippen molar-refractivity contribution in [3.8, 4) is 5.88 Å².